The van der Waals surface area contributed by atoms with Crippen molar-refractivity contribution in [2.24, 2.45) is 0 Å². The molecule has 4 aromatic rings. The molecular formula is C24H17Cl2N2O2-. The summed E-state index contributed by atoms with van der Waals surface area (Å²) < 4.78 is 1.57. The van der Waals surface area contributed by atoms with Crippen LogP contribution in [0.2, 0.25) is 10.2 Å². The maximum atomic E-state index is 11.3. The van der Waals surface area contributed by atoms with E-state index in [9.17, 15) is 9.90 Å². The number of hydrogen-bond donors (Lipinski definition) is 0. The number of carboxylic acid groups (broad SMARTS) is 1. The van der Waals surface area contributed by atoms with Crippen molar-refractivity contribution in [2.45, 2.75) is 12.8 Å². The van der Waals surface area contributed by atoms with E-state index >= 15 is 0 Å². The Balaban J connectivity index is 1.70. The van der Waals surface area contributed by atoms with E-state index in [1.165, 1.54) is 0 Å². The third-order valence-electron chi connectivity index (χ3n) is 4.81. The van der Waals surface area contributed by atoms with Crippen LogP contribution in [-0.2, 0) is 17.6 Å². The van der Waals surface area contributed by atoms with Crippen LogP contribution in [0.5, 0.6) is 0 Å². The van der Waals surface area contributed by atoms with Crippen LogP contribution >= 0.6 is 23.2 Å². The van der Waals surface area contributed by atoms with Crippen LogP contribution in [0, 0.1) is 0 Å². The fourth-order valence-electron chi connectivity index (χ4n) is 3.36. The number of benzene rings is 3. The number of carboxylic acids is 1. The summed E-state index contributed by atoms with van der Waals surface area (Å²) in [5.74, 6) is -1.19. The number of carbonyl (C=O) groups excluding carboxylic acids is 1. The predicted molar refractivity (Wildman–Crippen MR) is 117 cm³/mol. The molecule has 0 aliphatic carbocycles. The molecule has 0 amide bonds. The van der Waals surface area contributed by atoms with Crippen LogP contribution < -0.4 is 5.11 Å². The molecule has 0 spiro atoms. The number of aliphatic carboxylic acids is 1. The summed E-state index contributed by atoms with van der Waals surface area (Å²) in [4.78, 5) is 11.3. The minimum absolute atomic E-state index is 0.278. The van der Waals surface area contributed by atoms with Crippen LogP contribution in [0.1, 0.15) is 16.8 Å². The minimum atomic E-state index is -1.19. The lowest BCUT2D eigenvalue weighted by molar-refractivity contribution is -0.304. The molecule has 6 heteroatoms. The van der Waals surface area contributed by atoms with Gasteiger partial charge in [0.2, 0.25) is 0 Å². The van der Waals surface area contributed by atoms with Crippen molar-refractivity contribution >= 4 is 29.2 Å². The highest BCUT2D eigenvalue weighted by Crippen LogP contribution is 2.28. The molecule has 3 aromatic carbocycles. The Kier molecular flexibility index (Phi) is 5.88. The fourth-order valence-corrected chi connectivity index (χ4v) is 3.86. The zero-order chi connectivity index (χ0) is 21.1. The Hall–Kier alpha value is -3.08. The summed E-state index contributed by atoms with van der Waals surface area (Å²) in [6, 6.07) is 25.0. The van der Waals surface area contributed by atoms with Gasteiger partial charge < -0.3 is 9.90 Å². The summed E-state index contributed by atoms with van der Waals surface area (Å²) in [6.45, 7) is 0. The maximum absolute atomic E-state index is 11.3. The van der Waals surface area contributed by atoms with E-state index in [2.05, 4.69) is 5.10 Å². The molecule has 1 aromatic heterocycles. The van der Waals surface area contributed by atoms with Gasteiger partial charge in [0.1, 0.15) is 5.15 Å². The normalized spacial score (nSPS) is 10.9. The topological polar surface area (TPSA) is 57.9 Å². The van der Waals surface area contributed by atoms with Gasteiger partial charge in [-0.25, -0.2) is 4.68 Å². The second-order valence-electron chi connectivity index (χ2n) is 6.90. The lowest BCUT2D eigenvalue weighted by Gasteiger charge is -2.07. The van der Waals surface area contributed by atoms with E-state index in [4.69, 9.17) is 23.2 Å². The van der Waals surface area contributed by atoms with Gasteiger partial charge in [0, 0.05) is 29.4 Å². The first-order chi connectivity index (χ1) is 14.5. The predicted octanol–water partition coefficient (Wildman–Crippen LogP) is 4.73. The monoisotopic (exact) mass is 435 g/mol. The van der Waals surface area contributed by atoms with Crippen LogP contribution in [-0.4, -0.2) is 15.7 Å². The van der Waals surface area contributed by atoms with E-state index < -0.39 is 5.97 Å². The molecule has 150 valence electrons. The van der Waals surface area contributed by atoms with E-state index in [0.717, 1.165) is 22.4 Å². The summed E-state index contributed by atoms with van der Waals surface area (Å²) in [5, 5.41) is 16.8. The molecule has 0 fully saturated rings. The Morgan fingerprint density at radius 1 is 0.900 bits per heavy atom. The van der Waals surface area contributed by atoms with E-state index in [1.807, 2.05) is 78.9 Å². The lowest BCUT2D eigenvalue weighted by Crippen LogP contribution is -2.24. The molecule has 0 aliphatic rings. The maximum Gasteiger partial charge on any atom is 0.136 e. The van der Waals surface area contributed by atoms with Gasteiger partial charge in [0.05, 0.1) is 11.4 Å². The highest BCUT2D eigenvalue weighted by atomic mass is 35.5. The first-order valence-corrected chi connectivity index (χ1v) is 10.1. The molecule has 0 atom stereocenters. The first-order valence-electron chi connectivity index (χ1n) is 9.37. The molecule has 0 radical (unpaired) electrons. The average Bonchev–Trinajstić information content (AvgIpc) is 3.04. The average molecular weight is 436 g/mol. The molecular weight excluding hydrogens is 419 g/mol. The van der Waals surface area contributed by atoms with Gasteiger partial charge in [-0.15, -0.1) is 0 Å². The molecule has 0 bridgehead atoms. The minimum Gasteiger partial charge on any atom is -0.550 e. The Bertz CT molecular complexity index is 1190. The second kappa shape index (κ2) is 8.74. The Morgan fingerprint density at radius 3 is 2.30 bits per heavy atom. The van der Waals surface area contributed by atoms with Crippen molar-refractivity contribution in [3.8, 4) is 16.8 Å². The van der Waals surface area contributed by atoms with Crippen LogP contribution in [0.3, 0.4) is 0 Å². The highest BCUT2D eigenvalue weighted by Gasteiger charge is 2.18. The molecule has 0 saturated carbocycles. The van der Waals surface area contributed by atoms with E-state index in [1.54, 1.807) is 4.68 Å². The van der Waals surface area contributed by atoms with E-state index in [0.29, 0.717) is 22.7 Å². The molecule has 4 rings (SSSR count). The smallest absolute Gasteiger partial charge is 0.136 e. The molecule has 30 heavy (non-hydrogen) atoms. The first kappa shape index (κ1) is 20.2. The number of hydrogen-bond acceptors (Lipinski definition) is 3. The number of aromatic nitrogens is 2. The van der Waals surface area contributed by atoms with Gasteiger partial charge in [-0.1, -0.05) is 77.8 Å². The summed E-state index contributed by atoms with van der Waals surface area (Å²) in [6.07, 6.45) is 0.193. The number of carbonyl (C=O) groups is 1. The van der Waals surface area contributed by atoms with Crippen molar-refractivity contribution in [3.63, 3.8) is 0 Å². The SMILES string of the molecule is O=C([O-])Cc1c(Cc2ccccc2)nn(-c2ccc(-c3cccc(Cl)c3)cc2)c1Cl. The van der Waals surface area contributed by atoms with Crippen LogP contribution in [0.15, 0.2) is 78.9 Å². The number of rotatable bonds is 6. The van der Waals surface area contributed by atoms with Gasteiger partial charge in [0.15, 0.2) is 0 Å². The second-order valence-corrected chi connectivity index (χ2v) is 7.69. The van der Waals surface area contributed by atoms with Crippen LogP contribution in [0.4, 0.5) is 0 Å². The molecule has 4 nitrogen and oxygen atoms in total. The Morgan fingerprint density at radius 2 is 1.63 bits per heavy atom. The third kappa shape index (κ3) is 4.40. The molecule has 0 N–H and O–H groups in total. The van der Waals surface area contributed by atoms with Crippen molar-refractivity contribution in [1.82, 2.24) is 9.78 Å². The third-order valence-corrected chi connectivity index (χ3v) is 5.43. The molecule has 1 heterocycles. The van der Waals surface area contributed by atoms with Gasteiger partial charge in [-0.05, 0) is 41.0 Å². The zero-order valence-corrected chi connectivity index (χ0v) is 17.4. The van der Waals surface area contributed by atoms with Crippen molar-refractivity contribution in [2.75, 3.05) is 0 Å². The summed E-state index contributed by atoms with van der Waals surface area (Å²) >= 11 is 12.6. The summed E-state index contributed by atoms with van der Waals surface area (Å²) in [5.41, 5.74) is 4.86. The van der Waals surface area contributed by atoms with Crippen molar-refractivity contribution < 1.29 is 9.90 Å². The Labute approximate surface area is 184 Å². The number of nitrogens with zero attached hydrogens (tertiary/aromatic N) is 2. The van der Waals surface area contributed by atoms with Gasteiger partial charge in [0.25, 0.3) is 0 Å². The quantitative estimate of drug-likeness (QED) is 0.439. The molecule has 0 unspecified atom stereocenters. The highest BCUT2D eigenvalue weighted by molar-refractivity contribution is 6.31. The zero-order valence-electron chi connectivity index (χ0n) is 15.9. The van der Waals surface area contributed by atoms with Gasteiger partial charge in [-0.3, -0.25) is 0 Å². The molecule has 0 aliphatic heterocycles. The van der Waals surface area contributed by atoms with Gasteiger partial charge >= 0.3 is 0 Å². The van der Waals surface area contributed by atoms with Gasteiger partial charge in [-0.2, -0.15) is 5.10 Å². The van der Waals surface area contributed by atoms with E-state index in [-0.39, 0.29) is 11.6 Å². The fraction of sp³-hybridized carbons (Fsp3) is 0.0833. The van der Waals surface area contributed by atoms with Crippen LogP contribution in [0.25, 0.3) is 16.8 Å². The van der Waals surface area contributed by atoms with Crippen molar-refractivity contribution in [1.29, 1.82) is 0 Å². The standard InChI is InChI=1S/C24H18Cl2N2O2/c25-19-8-4-7-18(14-19)17-9-11-20(12-10-17)28-24(26)21(15-23(29)30)22(27-28)13-16-5-2-1-3-6-16/h1-12,14H,13,15H2,(H,29,30)/p-1. The molecule has 0 saturated heterocycles. The number of halogens is 2. The van der Waals surface area contributed by atoms with Crippen molar-refractivity contribution in [3.05, 3.63) is 106 Å². The summed E-state index contributed by atoms with van der Waals surface area (Å²) in [7, 11) is 0. The largest absolute Gasteiger partial charge is 0.550 e. The lowest BCUT2D eigenvalue weighted by atomic mass is 10.1.